The molecule has 144 valence electrons. The van der Waals surface area contributed by atoms with Gasteiger partial charge in [0, 0.05) is 12.0 Å². The minimum atomic E-state index is 0.211. The zero-order chi connectivity index (χ0) is 19.9. The van der Waals surface area contributed by atoms with Crippen molar-refractivity contribution in [3.63, 3.8) is 0 Å². The molecule has 30 heavy (non-hydrogen) atoms. The largest absolute Gasteiger partial charge is 0.257 e. The van der Waals surface area contributed by atoms with Crippen molar-refractivity contribution < 1.29 is 0 Å². The van der Waals surface area contributed by atoms with E-state index >= 15 is 0 Å². The van der Waals surface area contributed by atoms with Gasteiger partial charge in [-0.1, -0.05) is 91.0 Å². The third-order valence-electron chi connectivity index (χ3n) is 6.28. The van der Waals surface area contributed by atoms with E-state index in [9.17, 15) is 0 Å². The Kier molecular flexibility index (Phi) is 4.02. The van der Waals surface area contributed by atoms with Gasteiger partial charge in [0.1, 0.15) is 0 Å². The smallest absolute Gasteiger partial charge is 0.0831 e. The van der Waals surface area contributed by atoms with Crippen LogP contribution in [0.5, 0.6) is 0 Å². The van der Waals surface area contributed by atoms with Crippen molar-refractivity contribution in [2.24, 2.45) is 5.10 Å². The summed E-state index contributed by atoms with van der Waals surface area (Å²) in [4.78, 5) is 0. The van der Waals surface area contributed by atoms with Gasteiger partial charge in [-0.25, -0.2) is 0 Å². The van der Waals surface area contributed by atoms with E-state index in [1.165, 1.54) is 39.1 Å². The van der Waals surface area contributed by atoms with Gasteiger partial charge in [-0.2, -0.15) is 5.10 Å². The predicted octanol–water partition coefficient (Wildman–Crippen LogP) is 6.61. The van der Waals surface area contributed by atoms with E-state index in [1.807, 2.05) is 0 Å². The third-order valence-corrected chi connectivity index (χ3v) is 6.28. The minimum Gasteiger partial charge on any atom is -0.257 e. The molecule has 2 aliphatic rings. The van der Waals surface area contributed by atoms with Crippen LogP contribution in [0.2, 0.25) is 0 Å². The maximum absolute atomic E-state index is 5.18. The van der Waals surface area contributed by atoms with Crippen molar-refractivity contribution in [1.29, 1.82) is 0 Å². The molecule has 0 bridgehead atoms. The molecule has 1 atom stereocenters. The highest BCUT2D eigenvalue weighted by atomic mass is 15.5. The minimum absolute atomic E-state index is 0.211. The van der Waals surface area contributed by atoms with Crippen LogP contribution in [0.15, 0.2) is 108 Å². The normalized spacial score (nSPS) is 16.9. The van der Waals surface area contributed by atoms with Gasteiger partial charge < -0.3 is 0 Å². The van der Waals surface area contributed by atoms with Gasteiger partial charge >= 0.3 is 0 Å². The Balaban J connectivity index is 1.45. The first-order valence-corrected chi connectivity index (χ1v) is 10.6. The lowest BCUT2D eigenvalue weighted by Crippen LogP contribution is -2.18. The monoisotopic (exact) mass is 386 g/mol. The Morgan fingerprint density at radius 2 is 1.30 bits per heavy atom. The van der Waals surface area contributed by atoms with E-state index in [2.05, 4.69) is 108 Å². The summed E-state index contributed by atoms with van der Waals surface area (Å²) in [6.45, 7) is 0. The molecule has 1 aliphatic carbocycles. The van der Waals surface area contributed by atoms with Crippen molar-refractivity contribution in [3.8, 4) is 11.1 Å². The van der Waals surface area contributed by atoms with Crippen LogP contribution in [0.4, 0.5) is 5.69 Å². The number of nitrogens with zero attached hydrogens (tertiary/aromatic N) is 2. The van der Waals surface area contributed by atoms with Crippen LogP contribution in [0.3, 0.4) is 0 Å². The summed E-state index contributed by atoms with van der Waals surface area (Å²) in [5, 5.41) is 7.38. The summed E-state index contributed by atoms with van der Waals surface area (Å²) in [6.07, 6.45) is 1.90. The van der Waals surface area contributed by atoms with Crippen LogP contribution in [-0.4, -0.2) is 5.71 Å². The third kappa shape index (κ3) is 2.76. The average molecular weight is 386 g/mol. The van der Waals surface area contributed by atoms with Crippen LogP contribution < -0.4 is 5.01 Å². The van der Waals surface area contributed by atoms with Crippen LogP contribution in [-0.2, 0) is 6.42 Å². The summed E-state index contributed by atoms with van der Waals surface area (Å²) >= 11 is 0. The van der Waals surface area contributed by atoms with Crippen molar-refractivity contribution in [2.45, 2.75) is 18.9 Å². The molecule has 1 unspecified atom stereocenters. The van der Waals surface area contributed by atoms with Gasteiger partial charge in [-0.05, 0) is 46.4 Å². The fourth-order valence-electron chi connectivity index (χ4n) is 4.85. The summed E-state index contributed by atoms with van der Waals surface area (Å²) in [7, 11) is 0. The molecule has 0 radical (unpaired) electrons. The van der Waals surface area contributed by atoms with E-state index in [0.29, 0.717) is 0 Å². The molecule has 0 saturated heterocycles. The van der Waals surface area contributed by atoms with E-state index in [4.69, 9.17) is 5.10 Å². The summed E-state index contributed by atoms with van der Waals surface area (Å²) < 4.78 is 0. The zero-order valence-electron chi connectivity index (χ0n) is 16.7. The Morgan fingerprint density at radius 3 is 2.13 bits per heavy atom. The average Bonchev–Trinajstić information content (AvgIpc) is 3.42. The Bertz CT molecular complexity index is 1240. The molecular weight excluding hydrogens is 364 g/mol. The highest BCUT2D eigenvalue weighted by Crippen LogP contribution is 2.42. The lowest BCUT2D eigenvalue weighted by Gasteiger charge is -2.23. The van der Waals surface area contributed by atoms with Gasteiger partial charge in [-0.3, -0.25) is 5.01 Å². The molecule has 4 aromatic carbocycles. The zero-order valence-corrected chi connectivity index (χ0v) is 16.7. The van der Waals surface area contributed by atoms with Crippen LogP contribution in [0.1, 0.15) is 34.7 Å². The lowest BCUT2D eigenvalue weighted by molar-refractivity contribution is 0.709. The number of hydrogen-bond acceptors (Lipinski definition) is 2. The van der Waals surface area contributed by atoms with Crippen LogP contribution >= 0.6 is 0 Å². The fraction of sp³-hybridized carbons (Fsp3) is 0.107. The second kappa shape index (κ2) is 7.00. The molecule has 4 aromatic rings. The molecule has 0 N–H and O–H groups in total. The van der Waals surface area contributed by atoms with Gasteiger partial charge in [0.05, 0.1) is 17.4 Å². The molecule has 1 aliphatic heterocycles. The predicted molar refractivity (Wildman–Crippen MR) is 124 cm³/mol. The molecule has 6 rings (SSSR count). The second-order valence-corrected chi connectivity index (χ2v) is 8.02. The maximum atomic E-state index is 5.18. The first-order valence-electron chi connectivity index (χ1n) is 10.6. The quantitative estimate of drug-likeness (QED) is 0.340. The Labute approximate surface area is 177 Å². The molecule has 1 heterocycles. The van der Waals surface area contributed by atoms with Crippen molar-refractivity contribution in [3.05, 3.63) is 125 Å². The number of anilines is 1. The Hall–Kier alpha value is -3.65. The Morgan fingerprint density at radius 1 is 0.633 bits per heavy atom. The lowest BCUT2D eigenvalue weighted by atomic mass is 9.93. The standard InChI is InChI=1S/C28H22N2/c1-3-10-20(11-4-1)28-19-27(29-30(28)22-13-5-2-6-14-22)25-17-9-16-24-23-15-8-7-12-21(23)18-26(24)25/h1-17,28H,18-19H2. The fourth-order valence-corrected chi connectivity index (χ4v) is 4.85. The van der Waals surface area contributed by atoms with Gasteiger partial charge in [-0.15, -0.1) is 0 Å². The molecule has 0 aromatic heterocycles. The van der Waals surface area contributed by atoms with E-state index in [0.717, 1.165) is 18.5 Å². The van der Waals surface area contributed by atoms with Crippen molar-refractivity contribution in [1.82, 2.24) is 0 Å². The highest BCUT2D eigenvalue weighted by molar-refractivity contribution is 6.06. The maximum Gasteiger partial charge on any atom is 0.0831 e. The number of fused-ring (bicyclic) bond motifs is 3. The van der Waals surface area contributed by atoms with Crippen LogP contribution in [0.25, 0.3) is 11.1 Å². The van der Waals surface area contributed by atoms with E-state index in [1.54, 1.807) is 0 Å². The van der Waals surface area contributed by atoms with Gasteiger partial charge in [0.15, 0.2) is 0 Å². The molecule has 2 nitrogen and oxygen atoms in total. The van der Waals surface area contributed by atoms with Crippen LogP contribution in [0, 0.1) is 0 Å². The van der Waals surface area contributed by atoms with Gasteiger partial charge in [0.25, 0.3) is 0 Å². The van der Waals surface area contributed by atoms with E-state index in [-0.39, 0.29) is 6.04 Å². The number of para-hydroxylation sites is 1. The topological polar surface area (TPSA) is 15.6 Å². The first kappa shape index (κ1) is 17.2. The first-order chi connectivity index (χ1) is 14.9. The number of benzene rings is 4. The molecule has 0 amide bonds. The molecule has 0 fully saturated rings. The summed E-state index contributed by atoms with van der Waals surface area (Å²) in [5.41, 5.74) is 10.5. The summed E-state index contributed by atoms with van der Waals surface area (Å²) in [5.74, 6) is 0. The number of hydrazone groups is 1. The highest BCUT2D eigenvalue weighted by Gasteiger charge is 2.32. The van der Waals surface area contributed by atoms with E-state index < -0.39 is 0 Å². The molecule has 0 spiro atoms. The number of rotatable bonds is 3. The van der Waals surface area contributed by atoms with Crippen molar-refractivity contribution in [2.75, 3.05) is 5.01 Å². The molecule has 2 heteroatoms. The van der Waals surface area contributed by atoms with Gasteiger partial charge in [0.2, 0.25) is 0 Å². The molecule has 0 saturated carbocycles. The SMILES string of the molecule is c1ccc(C2CC(c3cccc4c3Cc3ccccc3-4)=NN2c2ccccc2)cc1. The summed E-state index contributed by atoms with van der Waals surface area (Å²) in [6, 6.07) is 36.9. The van der Waals surface area contributed by atoms with Crippen molar-refractivity contribution >= 4 is 11.4 Å². The second-order valence-electron chi connectivity index (χ2n) is 8.02. The molecular formula is C28H22N2. The number of hydrogen-bond donors (Lipinski definition) is 0.